The van der Waals surface area contributed by atoms with E-state index >= 15 is 0 Å². The first-order valence-corrected chi connectivity index (χ1v) is 8.57. The van der Waals surface area contributed by atoms with Gasteiger partial charge in [-0.2, -0.15) is 5.26 Å². The number of amides is 2. The highest BCUT2D eigenvalue weighted by atomic mass is 32.2. The van der Waals surface area contributed by atoms with Crippen LogP contribution in [-0.4, -0.2) is 49.6 Å². The van der Waals surface area contributed by atoms with Crippen LogP contribution < -0.4 is 10.6 Å². The van der Waals surface area contributed by atoms with E-state index in [-0.39, 0.29) is 5.56 Å². The molecule has 0 spiro atoms. The second-order valence-corrected chi connectivity index (χ2v) is 6.50. The molecule has 0 saturated heterocycles. The zero-order valence-electron chi connectivity index (χ0n) is 12.5. The molecule has 0 aliphatic heterocycles. The van der Waals surface area contributed by atoms with Gasteiger partial charge in [0.2, 0.25) is 10.0 Å². The van der Waals surface area contributed by atoms with Crippen molar-refractivity contribution in [1.29, 1.82) is 5.26 Å². The van der Waals surface area contributed by atoms with Crippen LogP contribution in [-0.2, 0) is 10.0 Å². The van der Waals surface area contributed by atoms with Crippen molar-refractivity contribution in [3.05, 3.63) is 24.0 Å². The summed E-state index contributed by atoms with van der Waals surface area (Å²) in [6.45, 7) is 2.82. The molecule has 0 fully saturated rings. The molecule has 1 heterocycles. The van der Waals surface area contributed by atoms with Crippen LogP contribution in [0.1, 0.15) is 18.9 Å². The quantitative estimate of drug-likeness (QED) is 0.718. The molecule has 1 rings (SSSR count). The summed E-state index contributed by atoms with van der Waals surface area (Å²) < 4.78 is 24.1. The average molecular weight is 325 g/mol. The molecule has 0 radical (unpaired) electrons. The zero-order chi connectivity index (χ0) is 16.6. The largest absolute Gasteiger partial charge is 0.338 e. The van der Waals surface area contributed by atoms with Gasteiger partial charge in [0, 0.05) is 32.0 Å². The van der Waals surface area contributed by atoms with Crippen molar-refractivity contribution in [3.8, 4) is 6.07 Å². The van der Waals surface area contributed by atoms with Crippen LogP contribution in [0.4, 0.5) is 10.5 Å². The van der Waals surface area contributed by atoms with Gasteiger partial charge in [0.1, 0.15) is 6.07 Å². The summed E-state index contributed by atoms with van der Waals surface area (Å²) in [5.74, 6) is 0. The number of nitrogens with zero attached hydrogens (tertiary/aromatic N) is 3. The molecule has 1 aromatic rings. The molecule has 0 saturated carbocycles. The molecule has 0 aliphatic rings. The molecule has 9 heteroatoms. The first-order valence-electron chi connectivity index (χ1n) is 6.72. The standard InChI is InChI=1S/C13H19N5O3S/c1-3-18(22(2,20)21)8-4-6-16-13(19)17-12-5-7-15-10-11(12)9-14/h5,7,10H,3-4,6,8H2,1-2H3,(H2,15,16,17,19). The number of carbonyl (C=O) groups is 1. The third-order valence-electron chi connectivity index (χ3n) is 2.88. The highest BCUT2D eigenvalue weighted by Crippen LogP contribution is 2.11. The van der Waals surface area contributed by atoms with Crippen LogP contribution in [0.2, 0.25) is 0 Å². The van der Waals surface area contributed by atoms with Crippen LogP contribution in [0.3, 0.4) is 0 Å². The fraction of sp³-hybridized carbons (Fsp3) is 0.462. The fourth-order valence-electron chi connectivity index (χ4n) is 1.77. The van der Waals surface area contributed by atoms with E-state index in [2.05, 4.69) is 15.6 Å². The van der Waals surface area contributed by atoms with E-state index in [0.717, 1.165) is 6.26 Å². The van der Waals surface area contributed by atoms with E-state index in [1.54, 1.807) is 6.92 Å². The number of anilines is 1. The summed E-state index contributed by atoms with van der Waals surface area (Å²) in [4.78, 5) is 15.5. The highest BCUT2D eigenvalue weighted by Gasteiger charge is 2.13. The number of nitrogens with one attached hydrogen (secondary N) is 2. The van der Waals surface area contributed by atoms with Crippen molar-refractivity contribution in [2.45, 2.75) is 13.3 Å². The molecule has 22 heavy (non-hydrogen) atoms. The zero-order valence-corrected chi connectivity index (χ0v) is 13.4. The lowest BCUT2D eigenvalue weighted by Gasteiger charge is -2.17. The van der Waals surface area contributed by atoms with Gasteiger partial charge in [0.15, 0.2) is 0 Å². The van der Waals surface area contributed by atoms with Crippen molar-refractivity contribution in [2.75, 3.05) is 31.2 Å². The van der Waals surface area contributed by atoms with E-state index in [1.807, 2.05) is 6.07 Å². The van der Waals surface area contributed by atoms with E-state index in [4.69, 9.17) is 5.26 Å². The third kappa shape index (κ3) is 5.67. The molecule has 0 unspecified atom stereocenters. The molecule has 0 aromatic carbocycles. The van der Waals surface area contributed by atoms with Crippen LogP contribution in [0, 0.1) is 11.3 Å². The number of hydrogen-bond acceptors (Lipinski definition) is 5. The van der Waals surface area contributed by atoms with Gasteiger partial charge in [-0.05, 0) is 12.5 Å². The molecular formula is C13H19N5O3S. The molecule has 8 nitrogen and oxygen atoms in total. The third-order valence-corrected chi connectivity index (χ3v) is 4.26. The summed E-state index contributed by atoms with van der Waals surface area (Å²) >= 11 is 0. The first-order chi connectivity index (χ1) is 10.4. The molecule has 0 aliphatic carbocycles. The van der Waals surface area contributed by atoms with E-state index in [0.29, 0.717) is 31.7 Å². The Labute approximate surface area is 130 Å². The average Bonchev–Trinajstić information content (AvgIpc) is 2.46. The number of aromatic nitrogens is 1. The smallest absolute Gasteiger partial charge is 0.319 e. The van der Waals surface area contributed by atoms with E-state index < -0.39 is 16.1 Å². The molecule has 2 N–H and O–H groups in total. The van der Waals surface area contributed by atoms with Crippen molar-refractivity contribution >= 4 is 21.7 Å². The van der Waals surface area contributed by atoms with Crippen molar-refractivity contribution in [1.82, 2.24) is 14.6 Å². The number of nitriles is 1. The van der Waals surface area contributed by atoms with Crippen molar-refractivity contribution in [3.63, 3.8) is 0 Å². The fourth-order valence-corrected chi connectivity index (χ4v) is 2.70. The Morgan fingerprint density at radius 1 is 1.50 bits per heavy atom. The van der Waals surface area contributed by atoms with Gasteiger partial charge >= 0.3 is 6.03 Å². The van der Waals surface area contributed by atoms with Crippen LogP contribution in [0.5, 0.6) is 0 Å². The number of rotatable bonds is 7. The van der Waals surface area contributed by atoms with Gasteiger partial charge < -0.3 is 10.6 Å². The molecule has 120 valence electrons. The SMILES string of the molecule is CCN(CCCNC(=O)Nc1ccncc1C#N)S(C)(=O)=O. The normalized spacial score (nSPS) is 11.0. The number of pyridine rings is 1. The maximum Gasteiger partial charge on any atom is 0.319 e. The monoisotopic (exact) mass is 325 g/mol. The predicted octanol–water partition coefficient (Wildman–Crippen LogP) is 0.746. The van der Waals surface area contributed by atoms with Gasteiger partial charge in [0.05, 0.1) is 17.5 Å². The Hall–Kier alpha value is -2.18. The van der Waals surface area contributed by atoms with Crippen molar-refractivity contribution < 1.29 is 13.2 Å². The maximum atomic E-state index is 11.7. The highest BCUT2D eigenvalue weighted by molar-refractivity contribution is 7.88. The van der Waals surface area contributed by atoms with Gasteiger partial charge in [-0.25, -0.2) is 17.5 Å². The minimum Gasteiger partial charge on any atom is -0.338 e. The lowest BCUT2D eigenvalue weighted by molar-refractivity contribution is 0.251. The number of urea groups is 1. The van der Waals surface area contributed by atoms with Crippen LogP contribution in [0.25, 0.3) is 0 Å². The maximum absolute atomic E-state index is 11.7. The van der Waals surface area contributed by atoms with Gasteiger partial charge in [-0.15, -0.1) is 0 Å². The van der Waals surface area contributed by atoms with E-state index in [1.165, 1.54) is 22.8 Å². The van der Waals surface area contributed by atoms with Gasteiger partial charge in [-0.1, -0.05) is 6.92 Å². The first kappa shape index (κ1) is 17.9. The van der Waals surface area contributed by atoms with Gasteiger partial charge in [0.25, 0.3) is 0 Å². The van der Waals surface area contributed by atoms with Crippen LogP contribution >= 0.6 is 0 Å². The Balaban J connectivity index is 2.40. The molecule has 0 bridgehead atoms. The minimum absolute atomic E-state index is 0.270. The lowest BCUT2D eigenvalue weighted by atomic mass is 10.2. The molecule has 2 amide bonds. The lowest BCUT2D eigenvalue weighted by Crippen LogP contribution is -2.34. The Morgan fingerprint density at radius 2 is 2.23 bits per heavy atom. The molecular weight excluding hydrogens is 306 g/mol. The molecule has 0 atom stereocenters. The van der Waals surface area contributed by atoms with E-state index in [9.17, 15) is 13.2 Å². The van der Waals surface area contributed by atoms with Crippen molar-refractivity contribution in [2.24, 2.45) is 0 Å². The second-order valence-electron chi connectivity index (χ2n) is 4.52. The summed E-state index contributed by atoms with van der Waals surface area (Å²) in [5.41, 5.74) is 0.646. The summed E-state index contributed by atoms with van der Waals surface area (Å²) in [7, 11) is -3.21. The van der Waals surface area contributed by atoms with Crippen LogP contribution in [0.15, 0.2) is 18.5 Å². The minimum atomic E-state index is -3.21. The Kier molecular flexibility index (Phi) is 6.75. The second kappa shape index (κ2) is 8.31. The molecule has 1 aromatic heterocycles. The topological polar surface area (TPSA) is 115 Å². The summed E-state index contributed by atoms with van der Waals surface area (Å²) in [6, 6.07) is 3.00. The number of carbonyl (C=O) groups excluding carboxylic acids is 1. The summed E-state index contributed by atoms with van der Waals surface area (Å²) in [5, 5.41) is 14.0. The summed E-state index contributed by atoms with van der Waals surface area (Å²) in [6.07, 6.45) is 4.49. The number of hydrogen-bond donors (Lipinski definition) is 2. The predicted molar refractivity (Wildman–Crippen MR) is 82.7 cm³/mol. The number of sulfonamides is 1. The Morgan fingerprint density at radius 3 is 2.82 bits per heavy atom. The van der Waals surface area contributed by atoms with Gasteiger partial charge in [-0.3, -0.25) is 4.98 Å². The Bertz CT molecular complexity index is 654.